The summed E-state index contributed by atoms with van der Waals surface area (Å²) in [6.07, 6.45) is 9.82. The summed E-state index contributed by atoms with van der Waals surface area (Å²) in [5.74, 6) is 1.27. The van der Waals surface area contributed by atoms with Crippen LogP contribution in [0.3, 0.4) is 0 Å². The smallest absolute Gasteiger partial charge is 0.244 e. The molecule has 0 aromatic heterocycles. The fraction of sp³-hybridized carbons (Fsp3) is 0.364. The largest absolute Gasteiger partial charge is 0.493 e. The Hall–Kier alpha value is -3.57. The molecule has 200 valence electrons. The molecule has 0 aliphatic heterocycles. The van der Waals surface area contributed by atoms with Crippen molar-refractivity contribution >= 4 is 12.0 Å². The van der Waals surface area contributed by atoms with E-state index in [1.807, 2.05) is 54.6 Å². The van der Waals surface area contributed by atoms with Crippen molar-refractivity contribution in [2.75, 3.05) is 21.2 Å². The van der Waals surface area contributed by atoms with Gasteiger partial charge in [-0.2, -0.15) is 0 Å². The summed E-state index contributed by atoms with van der Waals surface area (Å²) < 4.78 is 11.5. The lowest BCUT2D eigenvalue weighted by atomic mass is 9.75. The molecule has 0 radical (unpaired) electrons. The second kappa shape index (κ2) is 13.3. The first-order chi connectivity index (χ1) is 18.5. The van der Waals surface area contributed by atoms with Crippen LogP contribution in [0.25, 0.3) is 6.08 Å². The van der Waals surface area contributed by atoms with Crippen molar-refractivity contribution in [2.24, 2.45) is 0 Å². The van der Waals surface area contributed by atoms with Gasteiger partial charge < -0.3 is 19.7 Å². The van der Waals surface area contributed by atoms with Gasteiger partial charge in [0.2, 0.25) is 5.91 Å². The minimum atomic E-state index is -0.0555. The van der Waals surface area contributed by atoms with Crippen molar-refractivity contribution in [3.63, 3.8) is 0 Å². The zero-order valence-corrected chi connectivity index (χ0v) is 22.9. The Balaban J connectivity index is 1.28. The number of amides is 1. The molecule has 1 amide bonds. The van der Waals surface area contributed by atoms with E-state index in [9.17, 15) is 4.79 Å². The lowest BCUT2D eigenvalue weighted by Crippen LogP contribution is -2.50. The monoisotopic (exact) mass is 512 g/mol. The molecule has 1 fully saturated rings. The summed E-state index contributed by atoms with van der Waals surface area (Å²) in [6.45, 7) is 0.470. The van der Waals surface area contributed by atoms with Gasteiger partial charge in [0.15, 0.2) is 11.5 Å². The first-order valence-corrected chi connectivity index (χ1v) is 13.5. The Bertz CT molecular complexity index is 1180. The summed E-state index contributed by atoms with van der Waals surface area (Å²) in [5, 5.41) is 3.22. The fourth-order valence-corrected chi connectivity index (χ4v) is 5.31. The lowest BCUT2D eigenvalue weighted by Gasteiger charge is -2.45. The fourth-order valence-electron chi connectivity index (χ4n) is 5.31. The molecule has 0 atom stereocenters. The molecule has 0 bridgehead atoms. The molecule has 1 aliphatic carbocycles. The zero-order valence-electron chi connectivity index (χ0n) is 22.9. The SMILES string of the molecule is COc1cc(/C=C/C(=O)NC2CCC(CCc3ccccc3)(N(C)C)CC2)ccc1OCc1ccccc1. The van der Waals surface area contributed by atoms with Crippen LogP contribution < -0.4 is 14.8 Å². The lowest BCUT2D eigenvalue weighted by molar-refractivity contribution is -0.117. The van der Waals surface area contributed by atoms with Crippen LogP contribution in [0.2, 0.25) is 0 Å². The standard InChI is InChI=1S/C33H40N2O3/c1-35(2)33(21-18-26-10-6-4-7-11-26)22-19-29(20-23-33)34-32(36)17-15-27-14-16-30(31(24-27)37-3)38-25-28-12-8-5-9-13-28/h4-17,24,29H,18-23,25H2,1-3H3,(H,34,36)/b17-15+. The van der Waals surface area contributed by atoms with Gasteiger partial charge >= 0.3 is 0 Å². The third kappa shape index (κ3) is 7.48. The summed E-state index contributed by atoms with van der Waals surface area (Å²) in [4.78, 5) is 15.1. The number of nitrogens with zero attached hydrogens (tertiary/aromatic N) is 1. The quantitative estimate of drug-likeness (QED) is 0.307. The number of rotatable bonds is 11. The van der Waals surface area contributed by atoms with Gasteiger partial charge in [0.25, 0.3) is 0 Å². The van der Waals surface area contributed by atoms with E-state index in [1.165, 1.54) is 5.56 Å². The first kappa shape index (κ1) is 27.5. The first-order valence-electron chi connectivity index (χ1n) is 13.5. The molecule has 1 saturated carbocycles. The van der Waals surface area contributed by atoms with Gasteiger partial charge in [0.1, 0.15) is 6.61 Å². The number of ether oxygens (including phenoxy) is 2. The van der Waals surface area contributed by atoms with Gasteiger partial charge in [-0.05, 0) is 87.5 Å². The molecule has 0 saturated heterocycles. The number of methoxy groups -OCH3 is 1. The molecule has 5 nitrogen and oxygen atoms in total. The average Bonchev–Trinajstić information content (AvgIpc) is 2.96. The van der Waals surface area contributed by atoms with Crippen LogP contribution in [0.1, 0.15) is 48.8 Å². The third-order valence-electron chi connectivity index (χ3n) is 7.79. The second-order valence-corrected chi connectivity index (χ2v) is 10.4. The number of hydrogen-bond acceptors (Lipinski definition) is 4. The number of nitrogens with one attached hydrogen (secondary N) is 1. The van der Waals surface area contributed by atoms with Gasteiger partial charge in [-0.1, -0.05) is 66.7 Å². The van der Waals surface area contributed by atoms with Crippen molar-refractivity contribution in [2.45, 2.75) is 56.7 Å². The number of carbonyl (C=O) groups is 1. The molecule has 0 unspecified atom stereocenters. The minimum absolute atomic E-state index is 0.0555. The summed E-state index contributed by atoms with van der Waals surface area (Å²) in [7, 11) is 6.01. The molecule has 0 spiro atoms. The van der Waals surface area contributed by atoms with Crippen molar-refractivity contribution in [1.29, 1.82) is 0 Å². The van der Waals surface area contributed by atoms with E-state index in [-0.39, 0.29) is 17.5 Å². The van der Waals surface area contributed by atoms with Crippen molar-refractivity contribution in [3.05, 3.63) is 102 Å². The maximum Gasteiger partial charge on any atom is 0.244 e. The number of carbonyl (C=O) groups excluding carboxylic acids is 1. The van der Waals surface area contributed by atoms with Crippen molar-refractivity contribution < 1.29 is 14.3 Å². The van der Waals surface area contributed by atoms with Gasteiger partial charge in [0, 0.05) is 17.7 Å². The highest BCUT2D eigenvalue weighted by Crippen LogP contribution is 2.36. The highest BCUT2D eigenvalue weighted by molar-refractivity contribution is 5.92. The van der Waals surface area contributed by atoms with E-state index in [0.29, 0.717) is 18.1 Å². The summed E-state index contributed by atoms with van der Waals surface area (Å²) in [5.41, 5.74) is 3.56. The molecule has 4 rings (SSSR count). The molecular weight excluding hydrogens is 472 g/mol. The van der Waals surface area contributed by atoms with E-state index < -0.39 is 0 Å². The summed E-state index contributed by atoms with van der Waals surface area (Å²) in [6, 6.07) is 26.7. The van der Waals surface area contributed by atoms with Crippen molar-refractivity contribution in [3.8, 4) is 11.5 Å². The maximum atomic E-state index is 12.7. The molecule has 3 aromatic rings. The Morgan fingerprint density at radius 1 is 0.947 bits per heavy atom. The molecule has 38 heavy (non-hydrogen) atoms. The molecule has 1 N–H and O–H groups in total. The van der Waals surface area contributed by atoms with Crippen LogP contribution in [0.15, 0.2) is 84.9 Å². The normalized spacial score (nSPS) is 19.4. The molecule has 3 aromatic carbocycles. The number of hydrogen-bond donors (Lipinski definition) is 1. The molecular formula is C33H40N2O3. The van der Waals surface area contributed by atoms with E-state index >= 15 is 0 Å². The number of aryl methyl sites for hydroxylation is 1. The van der Waals surface area contributed by atoms with Gasteiger partial charge in [-0.15, -0.1) is 0 Å². The minimum Gasteiger partial charge on any atom is -0.493 e. The highest BCUT2D eigenvalue weighted by Gasteiger charge is 2.37. The Morgan fingerprint density at radius 3 is 2.24 bits per heavy atom. The average molecular weight is 513 g/mol. The van der Waals surface area contributed by atoms with Crippen molar-refractivity contribution in [1.82, 2.24) is 10.2 Å². The predicted molar refractivity (Wildman–Crippen MR) is 154 cm³/mol. The Labute approximate surface area is 227 Å². The predicted octanol–water partition coefficient (Wildman–Crippen LogP) is 6.28. The van der Waals surface area contributed by atoms with Crippen LogP contribution in [0, 0.1) is 0 Å². The van der Waals surface area contributed by atoms with Gasteiger partial charge in [0.05, 0.1) is 7.11 Å². The topological polar surface area (TPSA) is 50.8 Å². The highest BCUT2D eigenvalue weighted by atomic mass is 16.5. The van der Waals surface area contributed by atoms with Gasteiger partial charge in [-0.25, -0.2) is 0 Å². The van der Waals surface area contributed by atoms with Crippen LogP contribution in [0.5, 0.6) is 11.5 Å². The van der Waals surface area contributed by atoms with Gasteiger partial charge in [-0.3, -0.25) is 4.79 Å². The van der Waals surface area contributed by atoms with Crippen LogP contribution >= 0.6 is 0 Å². The Morgan fingerprint density at radius 2 is 1.61 bits per heavy atom. The van der Waals surface area contributed by atoms with Crippen LogP contribution in [0.4, 0.5) is 0 Å². The van der Waals surface area contributed by atoms with E-state index in [0.717, 1.165) is 49.7 Å². The van der Waals surface area contributed by atoms with E-state index in [1.54, 1.807) is 13.2 Å². The van der Waals surface area contributed by atoms with E-state index in [2.05, 4.69) is 54.6 Å². The third-order valence-corrected chi connectivity index (χ3v) is 7.79. The maximum absolute atomic E-state index is 12.7. The second-order valence-electron chi connectivity index (χ2n) is 10.4. The van der Waals surface area contributed by atoms with E-state index in [4.69, 9.17) is 9.47 Å². The van der Waals surface area contributed by atoms with Crippen LogP contribution in [-0.4, -0.2) is 43.6 Å². The summed E-state index contributed by atoms with van der Waals surface area (Å²) >= 11 is 0. The molecule has 1 aliphatic rings. The molecule has 0 heterocycles. The number of benzene rings is 3. The zero-order chi connectivity index (χ0) is 26.8. The molecule has 5 heteroatoms. The van der Waals surface area contributed by atoms with Crippen LogP contribution in [-0.2, 0) is 17.8 Å². The Kier molecular flexibility index (Phi) is 9.61.